The van der Waals surface area contributed by atoms with E-state index in [9.17, 15) is 14.4 Å². The third-order valence-corrected chi connectivity index (χ3v) is 5.59. The van der Waals surface area contributed by atoms with Gasteiger partial charge in [0.2, 0.25) is 0 Å². The molecular formula is C25H28O9. The predicted molar refractivity (Wildman–Crippen MR) is 120 cm³/mol. The molecule has 0 aliphatic carbocycles. The largest absolute Gasteiger partial charge is 0.493 e. The van der Waals surface area contributed by atoms with E-state index in [-0.39, 0.29) is 18.3 Å². The predicted octanol–water partition coefficient (Wildman–Crippen LogP) is 3.27. The number of hydrogen-bond acceptors (Lipinski definition) is 9. The van der Waals surface area contributed by atoms with Crippen molar-refractivity contribution in [1.82, 2.24) is 0 Å². The van der Waals surface area contributed by atoms with Crippen molar-refractivity contribution in [2.75, 3.05) is 27.9 Å². The van der Waals surface area contributed by atoms with Crippen LogP contribution in [-0.2, 0) is 30.3 Å². The Morgan fingerprint density at radius 3 is 2.18 bits per heavy atom. The van der Waals surface area contributed by atoms with Gasteiger partial charge in [-0.1, -0.05) is 12.1 Å². The number of benzene rings is 2. The Kier molecular flexibility index (Phi) is 7.99. The Labute approximate surface area is 197 Å². The number of carbonyl (C=O) groups is 3. The van der Waals surface area contributed by atoms with Crippen LogP contribution in [0, 0.1) is 11.8 Å². The Morgan fingerprint density at radius 1 is 0.912 bits per heavy atom. The van der Waals surface area contributed by atoms with E-state index in [0.29, 0.717) is 29.2 Å². The first-order valence-electron chi connectivity index (χ1n) is 10.7. The van der Waals surface area contributed by atoms with Gasteiger partial charge in [0, 0.05) is 19.8 Å². The minimum Gasteiger partial charge on any atom is -0.493 e. The molecule has 0 spiro atoms. The molecule has 0 bridgehead atoms. The highest BCUT2D eigenvalue weighted by molar-refractivity contribution is 5.76. The van der Waals surface area contributed by atoms with Crippen LogP contribution in [0.4, 0.5) is 0 Å². The van der Waals surface area contributed by atoms with Gasteiger partial charge in [0.05, 0.1) is 33.9 Å². The summed E-state index contributed by atoms with van der Waals surface area (Å²) in [5.74, 6) is -0.691. The zero-order chi connectivity index (χ0) is 24.8. The fourth-order valence-corrected chi connectivity index (χ4v) is 4.05. The van der Waals surface area contributed by atoms with Gasteiger partial charge in [-0.05, 0) is 41.8 Å². The first-order chi connectivity index (χ1) is 16.3. The highest BCUT2D eigenvalue weighted by atomic mass is 16.6. The molecule has 2 aromatic carbocycles. The summed E-state index contributed by atoms with van der Waals surface area (Å²) in [5, 5.41) is 0. The molecule has 3 rings (SSSR count). The minimum absolute atomic E-state index is 0.0957. The fraction of sp³-hybridized carbons (Fsp3) is 0.400. The lowest BCUT2D eigenvalue weighted by molar-refractivity contribution is -0.151. The number of methoxy groups -OCH3 is 3. The molecule has 9 nitrogen and oxygen atoms in total. The fourth-order valence-electron chi connectivity index (χ4n) is 4.05. The van der Waals surface area contributed by atoms with E-state index in [1.807, 2.05) is 0 Å². The molecule has 3 atom stereocenters. The topological polar surface area (TPSA) is 107 Å². The van der Waals surface area contributed by atoms with Crippen LogP contribution in [0.5, 0.6) is 23.0 Å². The summed E-state index contributed by atoms with van der Waals surface area (Å²) >= 11 is 0. The normalized spacial score (nSPS) is 18.0. The molecule has 1 fully saturated rings. The molecule has 9 heteroatoms. The first kappa shape index (κ1) is 24.9. The molecule has 0 radical (unpaired) electrons. The van der Waals surface area contributed by atoms with E-state index in [4.69, 9.17) is 28.4 Å². The molecule has 0 N–H and O–H groups in total. The number of hydrogen-bond donors (Lipinski definition) is 0. The Morgan fingerprint density at radius 2 is 1.56 bits per heavy atom. The summed E-state index contributed by atoms with van der Waals surface area (Å²) in [4.78, 5) is 36.0. The second-order valence-corrected chi connectivity index (χ2v) is 7.83. The number of carbonyl (C=O) groups excluding carboxylic acids is 3. The molecule has 1 saturated heterocycles. The molecule has 0 unspecified atom stereocenters. The summed E-state index contributed by atoms with van der Waals surface area (Å²) in [7, 11) is 4.51. The summed E-state index contributed by atoms with van der Waals surface area (Å²) in [5.41, 5.74) is 1.43. The van der Waals surface area contributed by atoms with Crippen molar-refractivity contribution >= 4 is 17.9 Å². The van der Waals surface area contributed by atoms with Crippen LogP contribution >= 0.6 is 0 Å². The van der Waals surface area contributed by atoms with E-state index in [1.54, 1.807) is 36.4 Å². The van der Waals surface area contributed by atoms with Gasteiger partial charge in [-0.2, -0.15) is 0 Å². The standard InChI is InChI=1S/C25H28O9/c1-14(26)33-21-8-6-16(11-22(21)30-4)10-18-19(13-32-25(18)28)24(34-15(2)27)17-7-9-20(29-3)23(12-17)31-5/h6-9,11-12,18-19,24H,10,13H2,1-5H3/t18-,19-,24+/m0/s1. The maximum absolute atomic E-state index is 12.7. The quantitative estimate of drug-likeness (QED) is 0.401. The number of rotatable bonds is 9. The van der Waals surface area contributed by atoms with Gasteiger partial charge in [0.1, 0.15) is 6.10 Å². The maximum atomic E-state index is 12.7. The van der Waals surface area contributed by atoms with Crippen LogP contribution in [0.25, 0.3) is 0 Å². The van der Waals surface area contributed by atoms with Gasteiger partial charge < -0.3 is 28.4 Å². The smallest absolute Gasteiger partial charge is 0.309 e. The van der Waals surface area contributed by atoms with Crippen molar-refractivity contribution in [2.24, 2.45) is 11.8 Å². The average molecular weight is 472 g/mol. The number of esters is 3. The molecule has 1 aliphatic heterocycles. The highest BCUT2D eigenvalue weighted by Gasteiger charge is 2.44. The third kappa shape index (κ3) is 5.59. The first-order valence-corrected chi connectivity index (χ1v) is 10.7. The van der Waals surface area contributed by atoms with E-state index in [0.717, 1.165) is 5.56 Å². The van der Waals surface area contributed by atoms with E-state index < -0.39 is 29.9 Å². The van der Waals surface area contributed by atoms with Crippen molar-refractivity contribution in [3.63, 3.8) is 0 Å². The van der Waals surface area contributed by atoms with Gasteiger partial charge in [0.25, 0.3) is 0 Å². The molecular weight excluding hydrogens is 444 g/mol. The van der Waals surface area contributed by atoms with Gasteiger partial charge in [0.15, 0.2) is 23.0 Å². The minimum atomic E-state index is -0.740. The molecule has 1 aliphatic rings. The van der Waals surface area contributed by atoms with Crippen LogP contribution in [0.3, 0.4) is 0 Å². The van der Waals surface area contributed by atoms with Crippen LogP contribution in [0.2, 0.25) is 0 Å². The summed E-state index contributed by atoms with van der Waals surface area (Å²) < 4.78 is 32.2. The van der Waals surface area contributed by atoms with Crippen LogP contribution < -0.4 is 18.9 Å². The van der Waals surface area contributed by atoms with Crippen molar-refractivity contribution in [3.8, 4) is 23.0 Å². The monoisotopic (exact) mass is 472 g/mol. The van der Waals surface area contributed by atoms with Crippen LogP contribution in [0.15, 0.2) is 36.4 Å². The van der Waals surface area contributed by atoms with Crippen molar-refractivity contribution in [1.29, 1.82) is 0 Å². The SMILES string of the molecule is COc1ccc([C@@H](OC(C)=O)[C@H]2COC(=O)[C@H]2Cc2ccc(OC(C)=O)c(OC)c2)cc1OC. The molecule has 0 amide bonds. The van der Waals surface area contributed by atoms with E-state index in [2.05, 4.69) is 0 Å². The number of cyclic esters (lactones) is 1. The van der Waals surface area contributed by atoms with Crippen molar-refractivity contribution in [3.05, 3.63) is 47.5 Å². The third-order valence-electron chi connectivity index (χ3n) is 5.59. The van der Waals surface area contributed by atoms with Crippen LogP contribution in [-0.4, -0.2) is 45.8 Å². The Balaban J connectivity index is 1.93. The van der Waals surface area contributed by atoms with Gasteiger partial charge >= 0.3 is 17.9 Å². The Bertz CT molecular complexity index is 1060. The molecule has 2 aromatic rings. The van der Waals surface area contributed by atoms with Crippen molar-refractivity contribution in [2.45, 2.75) is 26.4 Å². The Hall–Kier alpha value is -3.75. The second-order valence-electron chi connectivity index (χ2n) is 7.83. The van der Waals surface area contributed by atoms with E-state index >= 15 is 0 Å². The summed E-state index contributed by atoms with van der Waals surface area (Å²) in [6.07, 6.45) is -0.429. The molecule has 34 heavy (non-hydrogen) atoms. The van der Waals surface area contributed by atoms with Gasteiger partial charge in [-0.3, -0.25) is 14.4 Å². The van der Waals surface area contributed by atoms with Gasteiger partial charge in [-0.25, -0.2) is 0 Å². The average Bonchev–Trinajstić information content (AvgIpc) is 3.17. The second kappa shape index (κ2) is 10.9. The molecule has 1 heterocycles. The lowest BCUT2D eigenvalue weighted by Gasteiger charge is -2.26. The number of ether oxygens (including phenoxy) is 6. The lowest BCUT2D eigenvalue weighted by Crippen LogP contribution is -2.27. The van der Waals surface area contributed by atoms with Crippen molar-refractivity contribution < 1.29 is 42.8 Å². The zero-order valence-electron chi connectivity index (χ0n) is 19.8. The summed E-state index contributed by atoms with van der Waals surface area (Å²) in [6, 6.07) is 10.3. The lowest BCUT2D eigenvalue weighted by atomic mass is 9.82. The molecule has 0 aromatic heterocycles. The molecule has 182 valence electrons. The zero-order valence-corrected chi connectivity index (χ0v) is 19.8. The highest BCUT2D eigenvalue weighted by Crippen LogP contribution is 2.41. The maximum Gasteiger partial charge on any atom is 0.309 e. The van der Waals surface area contributed by atoms with Crippen LogP contribution in [0.1, 0.15) is 31.1 Å². The van der Waals surface area contributed by atoms with Gasteiger partial charge in [-0.15, -0.1) is 0 Å². The summed E-state index contributed by atoms with van der Waals surface area (Å²) in [6.45, 7) is 2.72. The molecule has 0 saturated carbocycles. The van der Waals surface area contributed by atoms with E-state index in [1.165, 1.54) is 35.2 Å².